The zero-order valence-electron chi connectivity index (χ0n) is 28.5. The van der Waals surface area contributed by atoms with Crippen molar-refractivity contribution in [1.82, 2.24) is 0 Å². The molecule has 2 atom stereocenters. The molecule has 0 aliphatic heterocycles. The van der Waals surface area contributed by atoms with E-state index in [4.69, 9.17) is 0 Å². The molecule has 0 N–H and O–H groups in total. The minimum absolute atomic E-state index is 0.961. The van der Waals surface area contributed by atoms with Crippen LogP contribution in [0.4, 0.5) is 0 Å². The summed E-state index contributed by atoms with van der Waals surface area (Å²) in [6.07, 6.45) is 48.6. The van der Waals surface area contributed by atoms with Gasteiger partial charge in [0.15, 0.2) is 0 Å². The van der Waals surface area contributed by atoms with Crippen molar-refractivity contribution in [1.29, 1.82) is 0 Å². The van der Waals surface area contributed by atoms with E-state index >= 15 is 0 Å². The van der Waals surface area contributed by atoms with E-state index < -0.39 is 0 Å². The molecule has 0 bridgehead atoms. The van der Waals surface area contributed by atoms with Crippen LogP contribution in [0.15, 0.2) is 0 Å². The smallest absolute Gasteiger partial charge is 0.0443 e. The molecule has 0 aliphatic rings. The van der Waals surface area contributed by atoms with Crippen molar-refractivity contribution in [2.45, 2.75) is 240 Å². The van der Waals surface area contributed by atoms with Crippen LogP contribution in [0.25, 0.3) is 0 Å². The fourth-order valence-corrected chi connectivity index (χ4v) is 6.47. The molecule has 0 saturated carbocycles. The maximum absolute atomic E-state index is 2.51. The fraction of sp³-hybridized carbons (Fsp3) is 1.00. The van der Waals surface area contributed by atoms with E-state index in [-0.39, 0.29) is 0 Å². The Morgan fingerprint density at radius 2 is 0.385 bits per heavy atom. The minimum Gasteiger partial charge on any atom is -0.0654 e. The lowest BCUT2D eigenvalue weighted by molar-refractivity contribution is 0.416. The van der Waals surface area contributed by atoms with Crippen LogP contribution in [0, 0.1) is 11.8 Å². The highest BCUT2D eigenvalue weighted by atomic mass is 14.1. The van der Waals surface area contributed by atoms with Gasteiger partial charge in [-0.05, 0) is 11.8 Å². The molecule has 0 fully saturated rings. The molecule has 0 aromatic heterocycles. The molecular weight excluding hydrogens is 468 g/mol. The van der Waals surface area contributed by atoms with Crippen LogP contribution in [-0.2, 0) is 0 Å². The van der Waals surface area contributed by atoms with Crippen molar-refractivity contribution in [2.24, 2.45) is 11.8 Å². The van der Waals surface area contributed by atoms with Gasteiger partial charge in [-0.1, -0.05) is 240 Å². The number of rotatable bonds is 34. The van der Waals surface area contributed by atoms with Gasteiger partial charge in [-0.2, -0.15) is 0 Å². The second-order valence-electron chi connectivity index (χ2n) is 13.9. The molecule has 2 unspecified atom stereocenters. The van der Waals surface area contributed by atoms with Gasteiger partial charge in [-0.25, -0.2) is 0 Å². The summed E-state index contributed by atoms with van der Waals surface area (Å²) in [5.41, 5.74) is 0. The van der Waals surface area contributed by atoms with Gasteiger partial charge in [0.2, 0.25) is 0 Å². The highest BCUT2D eigenvalue weighted by Gasteiger charge is 2.04. The predicted octanol–water partition coefficient (Wildman–Crippen LogP) is 15.2. The molecule has 0 saturated heterocycles. The average Bonchev–Trinajstić information content (AvgIpc) is 2.93. The van der Waals surface area contributed by atoms with Gasteiger partial charge in [-0.3, -0.25) is 0 Å². The molecule has 0 amide bonds. The van der Waals surface area contributed by atoms with Crippen molar-refractivity contribution < 1.29 is 0 Å². The second-order valence-corrected chi connectivity index (χ2v) is 13.9. The first-order valence-corrected chi connectivity index (χ1v) is 19.2. The highest BCUT2D eigenvalue weighted by Crippen LogP contribution is 2.21. The Morgan fingerprint density at radius 1 is 0.231 bits per heavy atom. The second kappa shape index (κ2) is 34.2. The number of unbranched alkanes of at least 4 members (excludes halogenated alkanes) is 26. The van der Waals surface area contributed by atoms with Crippen LogP contribution in [-0.4, -0.2) is 0 Å². The maximum Gasteiger partial charge on any atom is -0.0443 e. The predicted molar refractivity (Wildman–Crippen MR) is 182 cm³/mol. The molecule has 39 heavy (non-hydrogen) atoms. The first-order valence-electron chi connectivity index (χ1n) is 19.2. The highest BCUT2D eigenvalue weighted by molar-refractivity contribution is 4.58. The summed E-state index contributed by atoms with van der Waals surface area (Å²) in [4.78, 5) is 0. The van der Waals surface area contributed by atoms with Crippen LogP contribution in [0.3, 0.4) is 0 Å². The van der Waals surface area contributed by atoms with Gasteiger partial charge in [-0.15, -0.1) is 0 Å². The summed E-state index contributed by atoms with van der Waals surface area (Å²) in [6, 6.07) is 0. The molecular formula is C39H80. The zero-order chi connectivity index (χ0) is 28.5. The maximum atomic E-state index is 2.51. The molecule has 0 heteroatoms. The zero-order valence-corrected chi connectivity index (χ0v) is 28.5. The summed E-state index contributed by atoms with van der Waals surface area (Å²) in [5.74, 6) is 1.92. The van der Waals surface area contributed by atoms with Crippen molar-refractivity contribution in [3.8, 4) is 0 Å². The Hall–Kier alpha value is 0. The van der Waals surface area contributed by atoms with E-state index in [2.05, 4.69) is 27.7 Å². The standard InChI is InChI=1S/C39H80/c1-5-7-9-11-13-15-17-18-19-20-22-24-27-31-35-39(4)37-33-29-25-28-32-36-38(3)34-30-26-23-21-16-14-12-10-8-6-2/h38-39H,5-37H2,1-4H3. The molecule has 0 aliphatic carbocycles. The normalized spacial score (nSPS) is 13.2. The monoisotopic (exact) mass is 549 g/mol. The van der Waals surface area contributed by atoms with Crippen LogP contribution in [0.1, 0.15) is 240 Å². The molecule has 0 spiro atoms. The number of hydrogen-bond acceptors (Lipinski definition) is 0. The third kappa shape index (κ3) is 34.1. The molecule has 0 aromatic carbocycles. The van der Waals surface area contributed by atoms with Gasteiger partial charge in [0.05, 0.1) is 0 Å². The Balaban J connectivity index is 3.24. The molecule has 0 rings (SSSR count). The lowest BCUT2D eigenvalue weighted by Crippen LogP contribution is -1.96. The quantitative estimate of drug-likeness (QED) is 0.0701. The molecule has 0 nitrogen and oxygen atoms in total. The first kappa shape index (κ1) is 39.0. The van der Waals surface area contributed by atoms with Crippen molar-refractivity contribution >= 4 is 0 Å². The third-order valence-electron chi connectivity index (χ3n) is 9.49. The first-order chi connectivity index (χ1) is 19.2. The van der Waals surface area contributed by atoms with Gasteiger partial charge in [0.1, 0.15) is 0 Å². The van der Waals surface area contributed by atoms with Crippen LogP contribution < -0.4 is 0 Å². The SMILES string of the molecule is CCCCCCCCCCCCCCCCC(C)CCCCCCCC(C)CCCCCCCCCCCC. The average molecular weight is 549 g/mol. The molecule has 236 valence electrons. The van der Waals surface area contributed by atoms with Crippen molar-refractivity contribution in [3.63, 3.8) is 0 Å². The van der Waals surface area contributed by atoms with E-state index in [0.717, 1.165) is 11.8 Å². The third-order valence-corrected chi connectivity index (χ3v) is 9.49. The Labute approximate surface area is 251 Å². The summed E-state index contributed by atoms with van der Waals surface area (Å²) in [5, 5.41) is 0. The summed E-state index contributed by atoms with van der Waals surface area (Å²) in [6.45, 7) is 9.64. The number of hydrogen-bond donors (Lipinski definition) is 0. The van der Waals surface area contributed by atoms with Crippen LogP contribution in [0.5, 0.6) is 0 Å². The van der Waals surface area contributed by atoms with Crippen LogP contribution >= 0.6 is 0 Å². The van der Waals surface area contributed by atoms with Crippen molar-refractivity contribution in [2.75, 3.05) is 0 Å². The van der Waals surface area contributed by atoms with Gasteiger partial charge >= 0.3 is 0 Å². The van der Waals surface area contributed by atoms with Gasteiger partial charge in [0.25, 0.3) is 0 Å². The van der Waals surface area contributed by atoms with E-state index in [1.54, 1.807) is 0 Å². The lowest BCUT2D eigenvalue weighted by atomic mass is 9.94. The van der Waals surface area contributed by atoms with E-state index in [1.165, 1.54) is 212 Å². The lowest BCUT2D eigenvalue weighted by Gasteiger charge is -2.12. The van der Waals surface area contributed by atoms with Crippen molar-refractivity contribution in [3.05, 3.63) is 0 Å². The van der Waals surface area contributed by atoms with Gasteiger partial charge < -0.3 is 0 Å². The Bertz CT molecular complexity index is 412. The summed E-state index contributed by atoms with van der Waals surface area (Å²) >= 11 is 0. The fourth-order valence-electron chi connectivity index (χ4n) is 6.47. The van der Waals surface area contributed by atoms with E-state index in [1.807, 2.05) is 0 Å². The minimum atomic E-state index is 0.961. The largest absolute Gasteiger partial charge is 0.0654 e. The van der Waals surface area contributed by atoms with E-state index in [0.29, 0.717) is 0 Å². The Kier molecular flexibility index (Phi) is 34.2. The Morgan fingerprint density at radius 3 is 0.564 bits per heavy atom. The summed E-state index contributed by atoms with van der Waals surface area (Å²) in [7, 11) is 0. The van der Waals surface area contributed by atoms with E-state index in [9.17, 15) is 0 Å². The topological polar surface area (TPSA) is 0 Å². The van der Waals surface area contributed by atoms with Gasteiger partial charge in [0, 0.05) is 0 Å². The molecule has 0 radical (unpaired) electrons. The molecule has 0 heterocycles. The molecule has 0 aromatic rings. The summed E-state index contributed by atoms with van der Waals surface area (Å²) < 4.78 is 0. The van der Waals surface area contributed by atoms with Crippen LogP contribution in [0.2, 0.25) is 0 Å².